The summed E-state index contributed by atoms with van der Waals surface area (Å²) in [5.74, 6) is 0.626. The zero-order valence-electron chi connectivity index (χ0n) is 16.2. The molecule has 0 saturated carbocycles. The highest BCUT2D eigenvalue weighted by Gasteiger charge is 2.16. The largest absolute Gasteiger partial charge is 0.506 e. The van der Waals surface area contributed by atoms with Crippen molar-refractivity contribution in [2.75, 3.05) is 19.5 Å². The summed E-state index contributed by atoms with van der Waals surface area (Å²) in [6.07, 6.45) is 1.27. The molecule has 0 radical (unpaired) electrons. The first-order valence-electron chi connectivity index (χ1n) is 8.58. The van der Waals surface area contributed by atoms with E-state index in [9.17, 15) is 15.2 Å². The van der Waals surface area contributed by atoms with Crippen LogP contribution in [0.25, 0.3) is 0 Å². The maximum Gasteiger partial charge on any atom is 0.263 e. The fraction of sp³-hybridized carbons (Fsp3) is 0.238. The van der Waals surface area contributed by atoms with E-state index in [1.165, 1.54) is 19.4 Å². The van der Waals surface area contributed by atoms with Crippen LogP contribution < -0.4 is 20.1 Å². The highest BCUT2D eigenvalue weighted by Crippen LogP contribution is 2.30. The average Bonchev–Trinajstić information content (AvgIpc) is 2.70. The first kappa shape index (κ1) is 20.6. The number of ether oxygens (including phenoxy) is 2. The van der Waals surface area contributed by atoms with Crippen molar-refractivity contribution < 1.29 is 19.4 Å². The predicted molar refractivity (Wildman–Crippen MR) is 106 cm³/mol. The van der Waals surface area contributed by atoms with Gasteiger partial charge in [0, 0.05) is 6.20 Å². The van der Waals surface area contributed by atoms with Crippen LogP contribution >= 0.6 is 0 Å². The zero-order valence-corrected chi connectivity index (χ0v) is 16.2. The smallest absolute Gasteiger partial charge is 0.263 e. The quantitative estimate of drug-likeness (QED) is 0.386. The summed E-state index contributed by atoms with van der Waals surface area (Å²) < 4.78 is 10.5. The molecular weight excluding hydrogens is 358 g/mol. The number of carbonyl (C=O) groups excluding carboxylic acids is 1. The Kier molecular flexibility index (Phi) is 6.88. The van der Waals surface area contributed by atoms with Crippen LogP contribution in [0.4, 0.5) is 5.69 Å². The van der Waals surface area contributed by atoms with Crippen molar-refractivity contribution in [1.82, 2.24) is 5.32 Å². The lowest BCUT2D eigenvalue weighted by Gasteiger charge is -2.16. The normalized spacial score (nSPS) is 11.9. The first-order valence-corrected chi connectivity index (χ1v) is 8.58. The third kappa shape index (κ3) is 4.95. The number of carbonyl (C=O) groups is 1. The second kappa shape index (κ2) is 9.33. The number of methoxy groups -OCH3 is 2. The summed E-state index contributed by atoms with van der Waals surface area (Å²) in [6.45, 7) is 3.67. The Morgan fingerprint density at radius 1 is 1.18 bits per heavy atom. The van der Waals surface area contributed by atoms with Crippen LogP contribution in [0.5, 0.6) is 17.2 Å². The maximum atomic E-state index is 12.4. The first-order chi connectivity index (χ1) is 13.4. The molecule has 1 unspecified atom stereocenters. The van der Waals surface area contributed by atoms with Gasteiger partial charge in [-0.25, -0.2) is 0 Å². The summed E-state index contributed by atoms with van der Waals surface area (Å²) in [5.41, 5.74) is 2.02. The lowest BCUT2D eigenvalue weighted by molar-refractivity contribution is -0.117. The number of phenolic OH excluding ortho intramolecular Hbond substituents is 1. The van der Waals surface area contributed by atoms with Gasteiger partial charge in [0.2, 0.25) is 0 Å². The molecule has 0 aliphatic carbocycles. The summed E-state index contributed by atoms with van der Waals surface area (Å²) in [7, 11) is 3.08. The molecule has 0 aliphatic heterocycles. The minimum atomic E-state index is -0.538. The van der Waals surface area contributed by atoms with Crippen LogP contribution in [0.15, 0.2) is 48.2 Å². The van der Waals surface area contributed by atoms with Gasteiger partial charge >= 0.3 is 0 Å². The van der Waals surface area contributed by atoms with E-state index < -0.39 is 5.91 Å². The molecule has 1 atom stereocenters. The molecule has 3 N–H and O–H groups in total. The third-order valence-electron chi connectivity index (χ3n) is 4.14. The zero-order chi connectivity index (χ0) is 20.7. The number of benzene rings is 2. The minimum absolute atomic E-state index is 0.0262. The molecule has 0 heterocycles. The van der Waals surface area contributed by atoms with Gasteiger partial charge in [0.05, 0.1) is 25.9 Å². The monoisotopic (exact) mass is 381 g/mol. The van der Waals surface area contributed by atoms with E-state index in [1.54, 1.807) is 38.3 Å². The Labute approximate surface area is 164 Å². The van der Waals surface area contributed by atoms with Crippen LogP contribution in [-0.2, 0) is 4.79 Å². The van der Waals surface area contributed by atoms with Gasteiger partial charge in [-0.2, -0.15) is 5.26 Å². The highest BCUT2D eigenvalue weighted by molar-refractivity contribution is 5.97. The van der Waals surface area contributed by atoms with Crippen LogP contribution in [0.3, 0.4) is 0 Å². The summed E-state index contributed by atoms with van der Waals surface area (Å²) in [6, 6.07) is 11.8. The molecule has 0 bridgehead atoms. The fourth-order valence-electron chi connectivity index (χ4n) is 2.54. The van der Waals surface area contributed by atoms with Gasteiger partial charge in [-0.15, -0.1) is 0 Å². The Hall–Kier alpha value is -3.66. The molecule has 7 heteroatoms. The van der Waals surface area contributed by atoms with E-state index in [4.69, 9.17) is 9.47 Å². The maximum absolute atomic E-state index is 12.4. The van der Waals surface area contributed by atoms with Crippen molar-refractivity contribution in [3.8, 4) is 23.3 Å². The molecule has 0 saturated heterocycles. The number of hydrogen-bond donors (Lipinski definition) is 3. The number of nitriles is 1. The predicted octanol–water partition coefficient (Wildman–Crippen LogP) is 3.41. The van der Waals surface area contributed by atoms with Crippen molar-refractivity contribution in [2.45, 2.75) is 19.9 Å². The van der Waals surface area contributed by atoms with Gasteiger partial charge in [-0.05, 0) is 49.2 Å². The van der Waals surface area contributed by atoms with Gasteiger partial charge in [0.1, 0.15) is 17.4 Å². The number of hydrogen-bond acceptors (Lipinski definition) is 6. The number of aromatic hydroxyl groups is 1. The number of anilines is 1. The molecule has 7 nitrogen and oxygen atoms in total. The van der Waals surface area contributed by atoms with Crippen molar-refractivity contribution in [1.29, 1.82) is 5.26 Å². The number of nitrogens with one attached hydrogen (secondary N) is 2. The molecule has 146 valence electrons. The van der Waals surface area contributed by atoms with Gasteiger partial charge in [-0.3, -0.25) is 4.79 Å². The molecular formula is C21H23N3O4. The lowest BCUT2D eigenvalue weighted by Crippen LogP contribution is -2.28. The molecule has 2 aromatic rings. The van der Waals surface area contributed by atoms with Gasteiger partial charge in [0.25, 0.3) is 5.91 Å². The van der Waals surface area contributed by atoms with Crippen LogP contribution in [0.2, 0.25) is 0 Å². The molecule has 1 amide bonds. The lowest BCUT2D eigenvalue weighted by atomic mass is 10.1. The SMILES string of the molecule is COc1ccc(C(C)NC(=O)/C(C#N)=C\Nc2cc(C)ccc2O)cc1OC. The van der Waals surface area contributed by atoms with E-state index in [0.29, 0.717) is 17.2 Å². The number of amides is 1. The number of rotatable bonds is 7. The number of aryl methyl sites for hydroxylation is 1. The van der Waals surface area contributed by atoms with E-state index >= 15 is 0 Å². The Balaban J connectivity index is 2.13. The molecule has 0 spiro atoms. The molecule has 2 rings (SSSR count). The Bertz CT molecular complexity index is 932. The van der Waals surface area contributed by atoms with Gasteiger partial charge < -0.3 is 25.2 Å². The van der Waals surface area contributed by atoms with Gasteiger partial charge in [-0.1, -0.05) is 12.1 Å². The van der Waals surface area contributed by atoms with Crippen LogP contribution in [0.1, 0.15) is 24.1 Å². The summed E-state index contributed by atoms with van der Waals surface area (Å²) in [4.78, 5) is 12.4. The van der Waals surface area contributed by atoms with Crippen molar-refractivity contribution >= 4 is 11.6 Å². The summed E-state index contributed by atoms with van der Waals surface area (Å²) >= 11 is 0. The van der Waals surface area contributed by atoms with E-state index in [0.717, 1.165) is 11.1 Å². The average molecular weight is 381 g/mol. The van der Waals surface area contributed by atoms with Crippen molar-refractivity contribution in [3.05, 3.63) is 59.3 Å². The minimum Gasteiger partial charge on any atom is -0.506 e. The number of nitrogens with zero attached hydrogens (tertiary/aromatic N) is 1. The van der Waals surface area contributed by atoms with E-state index in [-0.39, 0.29) is 17.4 Å². The van der Waals surface area contributed by atoms with Crippen LogP contribution in [-0.4, -0.2) is 25.2 Å². The molecule has 0 aromatic heterocycles. The van der Waals surface area contributed by atoms with Crippen molar-refractivity contribution in [3.63, 3.8) is 0 Å². The Morgan fingerprint density at radius 3 is 2.54 bits per heavy atom. The standard InChI is InChI=1S/C21H23N3O4/c1-13-5-7-18(25)17(9-13)23-12-16(11-22)21(26)24-14(2)15-6-8-19(27-3)20(10-15)28-4/h5-10,12,14,23,25H,1-4H3,(H,24,26)/b16-12-. The van der Waals surface area contributed by atoms with E-state index in [1.807, 2.05) is 19.1 Å². The molecule has 2 aromatic carbocycles. The van der Waals surface area contributed by atoms with Crippen molar-refractivity contribution in [2.24, 2.45) is 0 Å². The third-order valence-corrected chi connectivity index (χ3v) is 4.14. The summed E-state index contributed by atoms with van der Waals surface area (Å²) in [5, 5.41) is 24.7. The fourth-order valence-corrected chi connectivity index (χ4v) is 2.54. The molecule has 0 fully saturated rings. The second-order valence-corrected chi connectivity index (χ2v) is 6.14. The topological polar surface area (TPSA) is 104 Å². The van der Waals surface area contributed by atoms with Crippen LogP contribution in [0, 0.1) is 18.3 Å². The number of phenols is 1. The van der Waals surface area contributed by atoms with E-state index in [2.05, 4.69) is 10.6 Å². The Morgan fingerprint density at radius 2 is 1.89 bits per heavy atom. The second-order valence-electron chi connectivity index (χ2n) is 6.14. The van der Waals surface area contributed by atoms with Gasteiger partial charge in [0.15, 0.2) is 11.5 Å². The molecule has 0 aliphatic rings. The molecule has 28 heavy (non-hydrogen) atoms. The highest BCUT2D eigenvalue weighted by atomic mass is 16.5.